The maximum absolute atomic E-state index is 10.8. The zero-order valence-electron chi connectivity index (χ0n) is 10.4. The van der Waals surface area contributed by atoms with Crippen molar-refractivity contribution in [3.05, 3.63) is 29.3 Å². The van der Waals surface area contributed by atoms with Crippen LogP contribution >= 0.6 is 0 Å². The van der Waals surface area contributed by atoms with Gasteiger partial charge < -0.3 is 15.7 Å². The third-order valence-corrected chi connectivity index (χ3v) is 2.98. The van der Waals surface area contributed by atoms with E-state index >= 15 is 0 Å². The van der Waals surface area contributed by atoms with Crippen molar-refractivity contribution >= 4 is 11.7 Å². The van der Waals surface area contributed by atoms with Crippen molar-refractivity contribution in [3.63, 3.8) is 0 Å². The van der Waals surface area contributed by atoms with Gasteiger partial charge in [0.2, 0.25) is 0 Å². The van der Waals surface area contributed by atoms with E-state index in [-0.39, 0.29) is 5.56 Å². The van der Waals surface area contributed by atoms with Gasteiger partial charge in [-0.25, -0.2) is 4.79 Å². The Morgan fingerprint density at radius 2 is 2.00 bits per heavy atom. The number of hydrogen-bond donors (Lipinski definition) is 2. The fourth-order valence-electron chi connectivity index (χ4n) is 1.77. The first-order chi connectivity index (χ1) is 8.08. The molecule has 3 N–H and O–H groups in total. The number of hydrogen-bond acceptors (Lipinski definition) is 3. The predicted molar refractivity (Wildman–Crippen MR) is 69.3 cm³/mol. The van der Waals surface area contributed by atoms with Crippen molar-refractivity contribution < 1.29 is 9.90 Å². The molecule has 94 valence electrons. The van der Waals surface area contributed by atoms with E-state index in [9.17, 15) is 4.79 Å². The molecule has 0 bridgehead atoms. The van der Waals surface area contributed by atoms with Gasteiger partial charge in [0.05, 0.1) is 5.56 Å². The zero-order chi connectivity index (χ0) is 12.8. The second-order valence-corrected chi connectivity index (χ2v) is 4.00. The maximum Gasteiger partial charge on any atom is 0.335 e. The highest BCUT2D eigenvalue weighted by Gasteiger charge is 2.07. The number of carboxylic acids is 1. The van der Waals surface area contributed by atoms with Crippen molar-refractivity contribution in [2.45, 2.75) is 20.3 Å². The molecule has 0 aliphatic heterocycles. The van der Waals surface area contributed by atoms with Crippen molar-refractivity contribution in [2.24, 2.45) is 0 Å². The number of carboxylic acid groups (broad SMARTS) is 1. The van der Waals surface area contributed by atoms with E-state index in [2.05, 4.69) is 18.7 Å². The molecule has 1 rings (SSSR count). The minimum absolute atomic E-state index is 0.245. The number of aromatic carboxylic acids is 1. The molecule has 0 saturated heterocycles. The minimum atomic E-state index is -0.938. The summed E-state index contributed by atoms with van der Waals surface area (Å²) in [5.41, 5.74) is 7.67. The second kappa shape index (κ2) is 6.25. The molecule has 17 heavy (non-hydrogen) atoms. The minimum Gasteiger partial charge on any atom is -0.478 e. The molecular weight excluding hydrogens is 216 g/mol. The molecule has 0 aliphatic carbocycles. The number of benzene rings is 1. The van der Waals surface area contributed by atoms with E-state index in [1.54, 1.807) is 6.07 Å². The molecular formula is C13H20N2O2. The quantitative estimate of drug-likeness (QED) is 0.740. The highest BCUT2D eigenvalue weighted by molar-refractivity contribution is 5.88. The molecule has 4 nitrogen and oxygen atoms in total. The average molecular weight is 236 g/mol. The van der Waals surface area contributed by atoms with Gasteiger partial charge in [-0.1, -0.05) is 19.9 Å². The molecule has 1 aromatic rings. The van der Waals surface area contributed by atoms with Crippen molar-refractivity contribution in [3.8, 4) is 0 Å². The van der Waals surface area contributed by atoms with Crippen molar-refractivity contribution in [1.82, 2.24) is 4.90 Å². The molecule has 0 saturated carbocycles. The standard InChI is InChI=1S/C13H20N2O2/c1-3-15(4-2)8-7-10-5-6-11(13(16)17)9-12(10)14/h5-6,9H,3-4,7-8,14H2,1-2H3,(H,16,17). The number of likely N-dealkylation sites (N-methyl/N-ethyl adjacent to an activating group) is 1. The number of anilines is 1. The van der Waals surface area contributed by atoms with Crippen LogP contribution in [0, 0.1) is 0 Å². The van der Waals surface area contributed by atoms with Crippen LogP contribution < -0.4 is 5.73 Å². The van der Waals surface area contributed by atoms with Gasteiger partial charge >= 0.3 is 5.97 Å². The lowest BCUT2D eigenvalue weighted by Gasteiger charge is -2.18. The second-order valence-electron chi connectivity index (χ2n) is 4.00. The van der Waals surface area contributed by atoms with Crippen molar-refractivity contribution in [2.75, 3.05) is 25.4 Å². The molecule has 0 radical (unpaired) electrons. The highest BCUT2D eigenvalue weighted by atomic mass is 16.4. The fourth-order valence-corrected chi connectivity index (χ4v) is 1.77. The number of nitrogen functional groups attached to an aromatic ring is 1. The van der Waals surface area contributed by atoms with E-state index in [0.29, 0.717) is 5.69 Å². The van der Waals surface area contributed by atoms with Crippen LogP contribution in [0.1, 0.15) is 29.8 Å². The van der Waals surface area contributed by atoms with Gasteiger partial charge in [0.25, 0.3) is 0 Å². The van der Waals surface area contributed by atoms with Crippen LogP contribution in [0.5, 0.6) is 0 Å². The Labute approximate surface area is 102 Å². The Kier molecular flexibility index (Phi) is 4.97. The fraction of sp³-hybridized carbons (Fsp3) is 0.462. The van der Waals surface area contributed by atoms with E-state index in [1.165, 1.54) is 6.07 Å². The first-order valence-corrected chi connectivity index (χ1v) is 5.92. The Morgan fingerprint density at radius 1 is 1.35 bits per heavy atom. The summed E-state index contributed by atoms with van der Waals surface area (Å²) in [6, 6.07) is 4.94. The van der Waals surface area contributed by atoms with Crippen LogP contribution in [0.3, 0.4) is 0 Å². The monoisotopic (exact) mass is 236 g/mol. The average Bonchev–Trinajstić information content (AvgIpc) is 2.31. The Morgan fingerprint density at radius 3 is 2.47 bits per heavy atom. The first kappa shape index (κ1) is 13.5. The lowest BCUT2D eigenvalue weighted by molar-refractivity contribution is 0.0697. The highest BCUT2D eigenvalue weighted by Crippen LogP contribution is 2.15. The van der Waals surface area contributed by atoms with Crippen LogP contribution in [0.15, 0.2) is 18.2 Å². The molecule has 4 heteroatoms. The number of nitrogens with zero attached hydrogens (tertiary/aromatic N) is 1. The molecule has 0 amide bonds. The predicted octanol–water partition coefficient (Wildman–Crippen LogP) is 1.85. The molecule has 0 spiro atoms. The zero-order valence-corrected chi connectivity index (χ0v) is 10.4. The Balaban J connectivity index is 2.69. The molecule has 0 aromatic heterocycles. The Bertz CT molecular complexity index is 387. The summed E-state index contributed by atoms with van der Waals surface area (Å²) in [7, 11) is 0. The largest absolute Gasteiger partial charge is 0.478 e. The number of nitrogens with two attached hydrogens (primary N) is 1. The van der Waals surface area contributed by atoms with Gasteiger partial charge in [0.15, 0.2) is 0 Å². The number of carbonyl (C=O) groups is 1. The van der Waals surface area contributed by atoms with E-state index in [0.717, 1.165) is 31.6 Å². The van der Waals surface area contributed by atoms with Crippen LogP contribution in [-0.2, 0) is 6.42 Å². The smallest absolute Gasteiger partial charge is 0.335 e. The number of rotatable bonds is 6. The molecule has 0 unspecified atom stereocenters. The molecule has 0 aliphatic rings. The topological polar surface area (TPSA) is 66.6 Å². The van der Waals surface area contributed by atoms with Crippen LogP contribution in [0.25, 0.3) is 0 Å². The summed E-state index contributed by atoms with van der Waals surface area (Å²) in [5.74, 6) is -0.938. The van der Waals surface area contributed by atoms with E-state index in [4.69, 9.17) is 10.8 Å². The van der Waals surface area contributed by atoms with Crippen LogP contribution in [0.4, 0.5) is 5.69 Å². The van der Waals surface area contributed by atoms with Gasteiger partial charge in [-0.15, -0.1) is 0 Å². The molecule has 0 heterocycles. The van der Waals surface area contributed by atoms with Gasteiger partial charge in [-0.2, -0.15) is 0 Å². The summed E-state index contributed by atoms with van der Waals surface area (Å²) in [5, 5.41) is 8.83. The van der Waals surface area contributed by atoms with Gasteiger partial charge in [-0.05, 0) is 37.2 Å². The first-order valence-electron chi connectivity index (χ1n) is 5.92. The Hall–Kier alpha value is -1.55. The summed E-state index contributed by atoms with van der Waals surface area (Å²) in [6.45, 7) is 7.23. The van der Waals surface area contributed by atoms with Gasteiger partial charge in [-0.3, -0.25) is 0 Å². The van der Waals surface area contributed by atoms with Crippen LogP contribution in [-0.4, -0.2) is 35.6 Å². The lowest BCUT2D eigenvalue weighted by Crippen LogP contribution is -2.25. The maximum atomic E-state index is 10.8. The van der Waals surface area contributed by atoms with Crippen molar-refractivity contribution in [1.29, 1.82) is 0 Å². The SMILES string of the molecule is CCN(CC)CCc1ccc(C(=O)O)cc1N. The van der Waals surface area contributed by atoms with Gasteiger partial charge in [0.1, 0.15) is 0 Å². The van der Waals surface area contributed by atoms with E-state index in [1.807, 2.05) is 6.07 Å². The molecule has 0 atom stereocenters. The van der Waals surface area contributed by atoms with Gasteiger partial charge in [0, 0.05) is 12.2 Å². The normalized spacial score (nSPS) is 10.8. The summed E-state index contributed by atoms with van der Waals surface area (Å²) in [4.78, 5) is 13.1. The summed E-state index contributed by atoms with van der Waals surface area (Å²) in [6.07, 6.45) is 0.855. The molecule has 1 aromatic carbocycles. The molecule has 0 fully saturated rings. The van der Waals surface area contributed by atoms with E-state index < -0.39 is 5.97 Å². The lowest BCUT2D eigenvalue weighted by atomic mass is 10.1. The summed E-state index contributed by atoms with van der Waals surface area (Å²) >= 11 is 0. The summed E-state index contributed by atoms with van der Waals surface area (Å²) < 4.78 is 0. The van der Waals surface area contributed by atoms with Crippen LogP contribution in [0.2, 0.25) is 0 Å². The third-order valence-electron chi connectivity index (χ3n) is 2.98. The third kappa shape index (κ3) is 3.75.